The molecule has 1 aromatic rings. The molecule has 0 fully saturated rings. The van der Waals surface area contributed by atoms with Crippen LogP contribution in [0, 0.1) is 5.92 Å². The van der Waals surface area contributed by atoms with Crippen LogP contribution in [0.3, 0.4) is 0 Å². The summed E-state index contributed by atoms with van der Waals surface area (Å²) in [6, 6.07) is -4.39. The van der Waals surface area contributed by atoms with Gasteiger partial charge in [0.15, 0.2) is 0 Å². The van der Waals surface area contributed by atoms with Crippen molar-refractivity contribution in [3.63, 3.8) is 0 Å². The number of aliphatic carboxylic acids is 1. The second-order valence-corrected chi connectivity index (χ2v) is 8.23. The Morgan fingerprint density at radius 2 is 1.58 bits per heavy atom. The first-order chi connectivity index (χ1) is 15.4. The normalized spacial score (nSPS) is 14.6. The molecular weight excluding hydrogens is 434 g/mol. The minimum Gasteiger partial charge on any atom is -0.480 e. The van der Waals surface area contributed by atoms with Gasteiger partial charge in [0.25, 0.3) is 0 Å². The number of hydrogen-bond acceptors (Lipinski definition) is 7. The van der Waals surface area contributed by atoms with Crippen LogP contribution in [-0.2, 0) is 30.4 Å². The number of nitrogens with two attached hydrogens (primary N) is 2. The molecule has 0 bridgehead atoms. The number of carbonyl (C=O) groups excluding carboxylic acids is 4. The minimum atomic E-state index is -1.26. The van der Waals surface area contributed by atoms with Crippen LogP contribution < -0.4 is 27.4 Å². The number of aromatic amines is 1. The first kappa shape index (κ1) is 27.6. The maximum Gasteiger partial charge on any atom is 0.326 e. The third kappa shape index (κ3) is 10.1. The Labute approximate surface area is 191 Å². The summed E-state index contributed by atoms with van der Waals surface area (Å²) in [5.41, 5.74) is 11.2. The molecule has 9 N–H and O–H groups in total. The highest BCUT2D eigenvalue weighted by molar-refractivity contribution is 5.94. The standard InChI is InChI=1S/C20H33N7O6/c1-10(2)6-14(19(31)27-15(20(32)33)7-12-8-23-9-24-12)26-18(30)13(4-5-16(22)28)25-17(29)11(3)21/h8-11,13-15H,4-7,21H2,1-3H3,(H2,22,28)(H,23,24)(H,25,29)(H,26,30)(H,27,31)(H,32,33). The van der Waals surface area contributed by atoms with Crippen molar-refractivity contribution in [3.8, 4) is 0 Å². The number of aromatic nitrogens is 2. The van der Waals surface area contributed by atoms with Gasteiger partial charge in [-0.3, -0.25) is 19.2 Å². The quantitative estimate of drug-likeness (QED) is 0.164. The highest BCUT2D eigenvalue weighted by Crippen LogP contribution is 2.08. The second kappa shape index (κ2) is 13.2. The molecule has 0 aliphatic heterocycles. The Balaban J connectivity index is 2.97. The molecule has 4 unspecified atom stereocenters. The van der Waals surface area contributed by atoms with E-state index < -0.39 is 53.8 Å². The summed E-state index contributed by atoms with van der Waals surface area (Å²) >= 11 is 0. The number of carboxylic acids is 1. The number of carboxylic acid groups (broad SMARTS) is 1. The van der Waals surface area contributed by atoms with Gasteiger partial charge in [0.1, 0.15) is 18.1 Å². The van der Waals surface area contributed by atoms with E-state index in [9.17, 15) is 29.1 Å². The summed E-state index contributed by atoms with van der Waals surface area (Å²) in [7, 11) is 0. The summed E-state index contributed by atoms with van der Waals surface area (Å²) in [5.74, 6) is -3.98. The Bertz CT molecular complexity index is 825. The molecule has 33 heavy (non-hydrogen) atoms. The van der Waals surface area contributed by atoms with Crippen molar-refractivity contribution in [1.29, 1.82) is 0 Å². The van der Waals surface area contributed by atoms with Crippen LogP contribution >= 0.6 is 0 Å². The molecule has 13 heteroatoms. The van der Waals surface area contributed by atoms with Crippen molar-refractivity contribution >= 4 is 29.6 Å². The predicted molar refractivity (Wildman–Crippen MR) is 117 cm³/mol. The van der Waals surface area contributed by atoms with Gasteiger partial charge >= 0.3 is 5.97 Å². The summed E-state index contributed by atoms with van der Waals surface area (Å²) < 4.78 is 0. The van der Waals surface area contributed by atoms with Crippen LogP contribution in [0.25, 0.3) is 0 Å². The third-order valence-electron chi connectivity index (χ3n) is 4.66. The molecule has 4 amide bonds. The fourth-order valence-electron chi connectivity index (χ4n) is 2.92. The van der Waals surface area contributed by atoms with E-state index in [-0.39, 0.29) is 31.6 Å². The molecule has 4 atom stereocenters. The van der Waals surface area contributed by atoms with E-state index in [1.807, 2.05) is 13.8 Å². The number of amides is 4. The number of nitrogens with one attached hydrogen (secondary N) is 4. The first-order valence-electron chi connectivity index (χ1n) is 10.6. The Kier molecular flexibility index (Phi) is 11.0. The summed E-state index contributed by atoms with van der Waals surface area (Å²) in [4.78, 5) is 67.1. The van der Waals surface area contributed by atoms with Crippen molar-refractivity contribution in [3.05, 3.63) is 18.2 Å². The van der Waals surface area contributed by atoms with Crippen molar-refractivity contribution in [2.75, 3.05) is 0 Å². The number of carbonyl (C=O) groups is 5. The van der Waals surface area contributed by atoms with Crippen molar-refractivity contribution in [1.82, 2.24) is 25.9 Å². The molecule has 13 nitrogen and oxygen atoms in total. The fourth-order valence-corrected chi connectivity index (χ4v) is 2.92. The SMILES string of the molecule is CC(C)CC(NC(=O)C(CCC(N)=O)NC(=O)C(C)N)C(=O)NC(Cc1cnc[nH]1)C(=O)O. The molecule has 0 saturated carbocycles. The average molecular weight is 468 g/mol. The van der Waals surface area contributed by atoms with Crippen molar-refractivity contribution in [2.45, 2.75) is 70.6 Å². The van der Waals surface area contributed by atoms with Crippen LogP contribution in [-0.4, -0.2) is 68.8 Å². The van der Waals surface area contributed by atoms with Gasteiger partial charge in [-0.2, -0.15) is 0 Å². The molecule has 0 aliphatic carbocycles. The Hall–Kier alpha value is -3.48. The second-order valence-electron chi connectivity index (χ2n) is 8.23. The Morgan fingerprint density at radius 3 is 2.06 bits per heavy atom. The minimum absolute atomic E-state index is 0.0281. The van der Waals surface area contributed by atoms with Gasteiger partial charge in [0.2, 0.25) is 23.6 Å². The van der Waals surface area contributed by atoms with Crippen molar-refractivity contribution < 1.29 is 29.1 Å². The maximum atomic E-state index is 12.9. The summed E-state index contributed by atoms with van der Waals surface area (Å²) in [6.45, 7) is 5.08. The van der Waals surface area contributed by atoms with E-state index in [0.717, 1.165) is 0 Å². The number of H-pyrrole nitrogens is 1. The number of nitrogens with zero attached hydrogens (tertiary/aromatic N) is 1. The van der Waals surface area contributed by atoms with Crippen LogP contribution in [0.15, 0.2) is 12.5 Å². The van der Waals surface area contributed by atoms with E-state index in [4.69, 9.17) is 11.5 Å². The monoisotopic (exact) mass is 467 g/mol. The van der Waals surface area contributed by atoms with Crippen LogP contribution in [0.1, 0.15) is 45.7 Å². The predicted octanol–water partition coefficient (Wildman–Crippen LogP) is -1.85. The van der Waals surface area contributed by atoms with Gasteiger partial charge < -0.3 is 37.5 Å². The lowest BCUT2D eigenvalue weighted by molar-refractivity contribution is -0.142. The maximum absolute atomic E-state index is 12.9. The van der Waals surface area contributed by atoms with Gasteiger partial charge in [-0.05, 0) is 25.7 Å². The molecular formula is C20H33N7O6. The van der Waals surface area contributed by atoms with E-state index in [1.165, 1.54) is 19.4 Å². The van der Waals surface area contributed by atoms with E-state index in [1.54, 1.807) is 0 Å². The lowest BCUT2D eigenvalue weighted by Crippen LogP contribution is -2.57. The molecule has 1 heterocycles. The third-order valence-corrected chi connectivity index (χ3v) is 4.66. The first-order valence-corrected chi connectivity index (χ1v) is 10.6. The van der Waals surface area contributed by atoms with Gasteiger partial charge in [-0.15, -0.1) is 0 Å². The molecule has 184 valence electrons. The van der Waals surface area contributed by atoms with Gasteiger partial charge in [-0.25, -0.2) is 9.78 Å². The fraction of sp³-hybridized carbons (Fsp3) is 0.600. The zero-order valence-electron chi connectivity index (χ0n) is 19.0. The van der Waals surface area contributed by atoms with Crippen LogP contribution in [0.2, 0.25) is 0 Å². The molecule has 0 aromatic carbocycles. The zero-order chi connectivity index (χ0) is 25.1. The van der Waals surface area contributed by atoms with E-state index in [0.29, 0.717) is 5.69 Å². The van der Waals surface area contributed by atoms with Gasteiger partial charge in [-0.1, -0.05) is 13.8 Å². The summed E-state index contributed by atoms with van der Waals surface area (Å²) in [6.07, 6.45) is 2.74. The Morgan fingerprint density at radius 1 is 1.00 bits per heavy atom. The van der Waals surface area contributed by atoms with Crippen LogP contribution in [0.4, 0.5) is 0 Å². The molecule has 0 radical (unpaired) electrons. The molecule has 0 spiro atoms. The number of imidazole rings is 1. The smallest absolute Gasteiger partial charge is 0.326 e. The zero-order valence-corrected chi connectivity index (χ0v) is 19.0. The van der Waals surface area contributed by atoms with Gasteiger partial charge in [0, 0.05) is 24.7 Å². The molecule has 0 saturated heterocycles. The highest BCUT2D eigenvalue weighted by Gasteiger charge is 2.30. The van der Waals surface area contributed by atoms with Crippen molar-refractivity contribution in [2.24, 2.45) is 17.4 Å². The van der Waals surface area contributed by atoms with E-state index >= 15 is 0 Å². The van der Waals surface area contributed by atoms with Crippen LogP contribution in [0.5, 0.6) is 0 Å². The molecule has 0 aliphatic rings. The molecule has 1 rings (SSSR count). The summed E-state index contributed by atoms with van der Waals surface area (Å²) in [5, 5.41) is 16.9. The molecule has 1 aromatic heterocycles. The lowest BCUT2D eigenvalue weighted by Gasteiger charge is -2.25. The largest absolute Gasteiger partial charge is 0.480 e. The lowest BCUT2D eigenvalue weighted by atomic mass is 10.0. The number of primary amides is 1. The number of rotatable bonds is 14. The highest BCUT2D eigenvalue weighted by atomic mass is 16.4. The van der Waals surface area contributed by atoms with Gasteiger partial charge in [0.05, 0.1) is 12.4 Å². The number of hydrogen-bond donors (Lipinski definition) is 7. The topological polar surface area (TPSA) is 222 Å². The van der Waals surface area contributed by atoms with E-state index in [2.05, 4.69) is 25.9 Å². The average Bonchev–Trinajstić information content (AvgIpc) is 3.22.